The summed E-state index contributed by atoms with van der Waals surface area (Å²) in [7, 11) is -4.07. The third kappa shape index (κ3) is 6.79. The maximum Gasteiger partial charge on any atom is 0.338 e. The summed E-state index contributed by atoms with van der Waals surface area (Å²) in [5.41, 5.74) is 12.2. The topological polar surface area (TPSA) is 195 Å². The fraction of sp³-hybridized carbons (Fsp3) is 0.280. The highest BCUT2D eigenvalue weighted by molar-refractivity contribution is 7.86. The van der Waals surface area contributed by atoms with Crippen LogP contribution in [0.2, 0.25) is 0 Å². The molecule has 1 aliphatic heterocycles. The third-order valence-electron chi connectivity index (χ3n) is 5.75. The first kappa shape index (κ1) is 27.8. The van der Waals surface area contributed by atoms with Crippen molar-refractivity contribution in [2.75, 3.05) is 23.0 Å². The van der Waals surface area contributed by atoms with Gasteiger partial charge >= 0.3 is 11.9 Å². The van der Waals surface area contributed by atoms with Gasteiger partial charge in [-0.1, -0.05) is 36.4 Å². The Labute approximate surface area is 224 Å². The summed E-state index contributed by atoms with van der Waals surface area (Å²) in [6.45, 7) is 1.51. The molecule has 0 amide bonds. The molecule has 0 spiro atoms. The first-order valence-corrected chi connectivity index (χ1v) is 13.5. The predicted octanol–water partition coefficient (Wildman–Crippen LogP) is 1.59. The fourth-order valence-corrected chi connectivity index (χ4v) is 4.59. The molecular formula is C25H27N5O8S. The second kappa shape index (κ2) is 11.6. The zero-order valence-electron chi connectivity index (χ0n) is 21.0. The number of anilines is 3. The number of hydrogen-bond donors (Lipinski definition) is 3. The molecule has 206 valence electrons. The molecule has 1 fully saturated rings. The zero-order valence-corrected chi connectivity index (χ0v) is 21.8. The molecule has 5 N–H and O–H groups in total. The van der Waals surface area contributed by atoms with E-state index in [1.54, 1.807) is 36.4 Å². The molecule has 5 atom stereocenters. The lowest BCUT2D eigenvalue weighted by molar-refractivity contribution is -0.202. The Hall–Kier alpha value is -4.27. The van der Waals surface area contributed by atoms with Crippen LogP contribution >= 0.6 is 0 Å². The fourth-order valence-electron chi connectivity index (χ4n) is 3.92. The van der Waals surface area contributed by atoms with Crippen molar-refractivity contribution in [3.63, 3.8) is 0 Å². The predicted molar refractivity (Wildman–Crippen MR) is 140 cm³/mol. The molecule has 2 aromatic carbocycles. The highest BCUT2D eigenvalue weighted by Crippen LogP contribution is 2.32. The van der Waals surface area contributed by atoms with Crippen molar-refractivity contribution in [2.45, 2.75) is 37.6 Å². The van der Waals surface area contributed by atoms with Gasteiger partial charge in [0, 0.05) is 0 Å². The van der Waals surface area contributed by atoms with Gasteiger partial charge in [-0.3, -0.25) is 4.18 Å². The van der Waals surface area contributed by atoms with Gasteiger partial charge in [0.05, 0.1) is 23.5 Å². The first-order chi connectivity index (χ1) is 18.5. The van der Waals surface area contributed by atoms with Crippen LogP contribution in [0.15, 0.2) is 67.0 Å². The second-order valence-corrected chi connectivity index (χ2v) is 10.3. The van der Waals surface area contributed by atoms with Crippen LogP contribution < -0.4 is 16.8 Å². The molecule has 39 heavy (non-hydrogen) atoms. The summed E-state index contributed by atoms with van der Waals surface area (Å²) in [4.78, 5) is 34.1. The molecule has 14 heteroatoms. The molecule has 0 radical (unpaired) electrons. The van der Waals surface area contributed by atoms with Crippen molar-refractivity contribution in [1.82, 2.24) is 9.97 Å². The molecule has 0 aliphatic carbocycles. The number of nitrogens with two attached hydrogens (primary N) is 2. The summed E-state index contributed by atoms with van der Waals surface area (Å²) >= 11 is 0. The number of benzene rings is 2. The van der Waals surface area contributed by atoms with Gasteiger partial charge < -0.3 is 31.0 Å². The molecule has 0 saturated carbocycles. The van der Waals surface area contributed by atoms with Crippen LogP contribution in [-0.2, 0) is 28.5 Å². The lowest BCUT2D eigenvalue weighted by Gasteiger charge is -2.44. The molecule has 2 heterocycles. The molecule has 0 unspecified atom stereocenters. The first-order valence-electron chi connectivity index (χ1n) is 11.7. The van der Waals surface area contributed by atoms with Crippen LogP contribution in [0.25, 0.3) is 0 Å². The Bertz CT molecular complexity index is 1420. The molecule has 1 aliphatic rings. The Morgan fingerprint density at radius 2 is 1.41 bits per heavy atom. The third-order valence-corrected chi connectivity index (χ3v) is 6.33. The number of carbonyl (C=O) groups is 2. The normalized spacial score (nSPS) is 23.0. The molecule has 1 aromatic heterocycles. The monoisotopic (exact) mass is 557 g/mol. The zero-order chi connectivity index (χ0) is 28.2. The molecule has 1 saturated heterocycles. The molecule has 4 rings (SSSR count). The highest BCUT2D eigenvalue weighted by Gasteiger charge is 2.51. The van der Waals surface area contributed by atoms with E-state index in [9.17, 15) is 18.0 Å². The van der Waals surface area contributed by atoms with Crippen LogP contribution in [0.4, 0.5) is 17.3 Å². The minimum atomic E-state index is -4.07. The van der Waals surface area contributed by atoms with Gasteiger partial charge in [-0.25, -0.2) is 19.6 Å². The van der Waals surface area contributed by atoms with Crippen LogP contribution in [0.3, 0.4) is 0 Å². The molecule has 3 aromatic rings. The van der Waals surface area contributed by atoms with Crippen LogP contribution in [0, 0.1) is 0 Å². The van der Waals surface area contributed by atoms with E-state index in [0.717, 1.165) is 12.6 Å². The average Bonchev–Trinajstić information content (AvgIpc) is 2.91. The number of nitrogen functional groups attached to an aromatic ring is 2. The number of rotatable bonds is 8. The van der Waals surface area contributed by atoms with Gasteiger partial charge in [0.15, 0.2) is 30.1 Å². The Kier molecular flexibility index (Phi) is 8.28. The van der Waals surface area contributed by atoms with E-state index < -0.39 is 52.7 Å². The SMILES string of the molecule is C[C@H]1O[C@@H](Nc2ncnc(N)c2N)[C@H](OC(=O)c2ccccc2)[C@@H](OC(=O)c2ccccc2)[C@H]1OS(C)(=O)=O. The van der Waals surface area contributed by atoms with E-state index >= 15 is 0 Å². The van der Waals surface area contributed by atoms with Crippen molar-refractivity contribution in [1.29, 1.82) is 0 Å². The molecular weight excluding hydrogens is 530 g/mol. The quantitative estimate of drug-likeness (QED) is 0.267. The minimum absolute atomic E-state index is 0.00534. The van der Waals surface area contributed by atoms with Crippen molar-refractivity contribution in [3.05, 3.63) is 78.1 Å². The summed E-state index contributed by atoms with van der Waals surface area (Å²) in [6, 6.07) is 16.1. The number of esters is 2. The number of nitrogens with one attached hydrogen (secondary N) is 1. The average molecular weight is 558 g/mol. The number of ether oxygens (including phenoxy) is 3. The maximum atomic E-state index is 13.1. The van der Waals surface area contributed by atoms with Gasteiger partial charge in [-0.05, 0) is 31.2 Å². The Balaban J connectivity index is 1.76. The summed E-state index contributed by atoms with van der Waals surface area (Å²) in [6.07, 6.45) is -4.50. The van der Waals surface area contributed by atoms with E-state index in [2.05, 4.69) is 15.3 Å². The van der Waals surface area contributed by atoms with Crippen LogP contribution in [0.1, 0.15) is 27.6 Å². The largest absolute Gasteiger partial charge is 0.452 e. The number of carbonyl (C=O) groups excluding carboxylic acids is 2. The van der Waals surface area contributed by atoms with E-state index in [1.807, 2.05) is 0 Å². The van der Waals surface area contributed by atoms with Gasteiger partial charge in [0.1, 0.15) is 18.1 Å². The van der Waals surface area contributed by atoms with Crippen molar-refractivity contribution >= 4 is 39.4 Å². The maximum absolute atomic E-state index is 13.1. The van der Waals surface area contributed by atoms with E-state index in [-0.39, 0.29) is 28.5 Å². The summed E-state index contributed by atoms with van der Waals surface area (Å²) in [5.74, 6) is -1.56. The van der Waals surface area contributed by atoms with Crippen LogP contribution in [-0.4, -0.2) is 67.2 Å². The van der Waals surface area contributed by atoms with Crippen LogP contribution in [0.5, 0.6) is 0 Å². The van der Waals surface area contributed by atoms with Gasteiger partial charge in [-0.15, -0.1) is 0 Å². The summed E-state index contributed by atoms with van der Waals surface area (Å²) in [5, 5.41) is 2.90. The van der Waals surface area contributed by atoms with Gasteiger partial charge in [0.25, 0.3) is 10.1 Å². The van der Waals surface area contributed by atoms with Crippen molar-refractivity contribution in [2.24, 2.45) is 0 Å². The Morgan fingerprint density at radius 1 is 0.872 bits per heavy atom. The smallest absolute Gasteiger partial charge is 0.338 e. The number of nitrogens with zero attached hydrogens (tertiary/aromatic N) is 2. The van der Waals surface area contributed by atoms with Crippen molar-refractivity contribution < 1.29 is 36.4 Å². The minimum Gasteiger partial charge on any atom is -0.452 e. The summed E-state index contributed by atoms with van der Waals surface area (Å²) < 4.78 is 47.1. The molecule has 0 bridgehead atoms. The lowest BCUT2D eigenvalue weighted by atomic mass is 9.98. The second-order valence-electron chi connectivity index (χ2n) is 8.66. The lowest BCUT2D eigenvalue weighted by Crippen LogP contribution is -2.62. The van der Waals surface area contributed by atoms with E-state index in [1.165, 1.54) is 31.2 Å². The van der Waals surface area contributed by atoms with Gasteiger partial charge in [0.2, 0.25) is 0 Å². The standard InChI is InChI=1S/C25H27N5O8S/c1-14-18(38-39(2,33)34)19(36-24(31)15-9-5-3-6-10-15)20(37-25(32)16-11-7-4-8-12-16)23(35-14)30-22-17(26)21(27)28-13-29-22/h3-14,18-20,23H,26H2,1-2H3,(H3,27,28,29,30)/t14-,18+,19+,20-,23-/m1/s1. The van der Waals surface area contributed by atoms with Crippen molar-refractivity contribution in [3.8, 4) is 0 Å². The van der Waals surface area contributed by atoms with E-state index in [4.69, 9.17) is 29.9 Å². The number of hydrogen-bond acceptors (Lipinski definition) is 13. The Morgan fingerprint density at radius 3 is 1.95 bits per heavy atom. The van der Waals surface area contributed by atoms with E-state index in [0.29, 0.717) is 0 Å². The highest BCUT2D eigenvalue weighted by atomic mass is 32.2. The van der Waals surface area contributed by atoms with Gasteiger partial charge in [-0.2, -0.15) is 8.42 Å². The molecule has 13 nitrogen and oxygen atoms in total. The number of aromatic nitrogens is 2.